The van der Waals surface area contributed by atoms with Crippen molar-refractivity contribution in [2.24, 2.45) is 0 Å². The smallest absolute Gasteiger partial charge is 0.186 e. The summed E-state index contributed by atoms with van der Waals surface area (Å²) in [5, 5.41) is 0. The van der Waals surface area contributed by atoms with Crippen LogP contribution in [0.1, 0.15) is 18.4 Å². The van der Waals surface area contributed by atoms with Crippen LogP contribution in [0.4, 0.5) is 0 Å². The van der Waals surface area contributed by atoms with Gasteiger partial charge in [0.05, 0.1) is 0 Å². The van der Waals surface area contributed by atoms with Gasteiger partial charge in [-0.25, -0.2) is 0 Å². The number of Topliss-reactive ketones (excluding diaryl/α,β-unsaturated/α-hetero) is 1. The van der Waals surface area contributed by atoms with Crippen LogP contribution < -0.4 is 0 Å². The fraction of sp³-hybridized carbons (Fsp3) is 0.267. The maximum absolute atomic E-state index is 12.3. The first-order valence-corrected chi connectivity index (χ1v) is 8.11. The van der Waals surface area contributed by atoms with Crippen molar-refractivity contribution in [2.45, 2.75) is 12.8 Å². The normalized spacial score (nSPS) is 22.2. The number of hydrogen-bond donors (Lipinski definition) is 0. The van der Waals surface area contributed by atoms with Crippen molar-refractivity contribution in [3.63, 3.8) is 0 Å². The predicted octanol–water partition coefficient (Wildman–Crippen LogP) is 4.12. The van der Waals surface area contributed by atoms with Crippen LogP contribution in [0.5, 0.6) is 0 Å². The second kappa shape index (κ2) is 5.37. The molecule has 0 N–H and O–H groups in total. The zero-order valence-corrected chi connectivity index (χ0v) is 11.7. The molecule has 1 saturated carbocycles. The Kier molecular flexibility index (Phi) is 3.62. The Morgan fingerprint density at radius 1 is 1.00 bits per heavy atom. The summed E-state index contributed by atoms with van der Waals surface area (Å²) in [6.07, 6.45) is 3.86. The molecule has 0 atom stereocenters. The standard InChI is InChI=1S/C15H14OS2/c16-14-12(10-11-4-2-1-3-5-11)6-7-13(14)15-17-8-9-18-15/h1-5,10H,6-9H2. The summed E-state index contributed by atoms with van der Waals surface area (Å²) >= 11 is 3.69. The van der Waals surface area contributed by atoms with Gasteiger partial charge in [-0.15, -0.1) is 23.5 Å². The van der Waals surface area contributed by atoms with E-state index < -0.39 is 0 Å². The molecule has 1 nitrogen and oxygen atoms in total. The minimum Gasteiger partial charge on any atom is -0.289 e. The van der Waals surface area contributed by atoms with E-state index in [4.69, 9.17) is 0 Å². The van der Waals surface area contributed by atoms with E-state index in [2.05, 4.69) is 0 Å². The average molecular weight is 274 g/mol. The monoisotopic (exact) mass is 274 g/mol. The molecule has 1 aromatic carbocycles. The molecule has 3 heteroatoms. The van der Waals surface area contributed by atoms with Gasteiger partial charge < -0.3 is 0 Å². The van der Waals surface area contributed by atoms with Gasteiger partial charge in [0, 0.05) is 26.9 Å². The van der Waals surface area contributed by atoms with E-state index in [1.54, 1.807) is 0 Å². The second-order valence-corrected chi connectivity index (χ2v) is 6.84. The van der Waals surface area contributed by atoms with Crippen LogP contribution in [-0.4, -0.2) is 17.3 Å². The molecule has 3 rings (SSSR count). The van der Waals surface area contributed by atoms with Crippen LogP contribution in [-0.2, 0) is 4.79 Å². The molecule has 1 aliphatic heterocycles. The number of carbonyl (C=O) groups excluding carboxylic acids is 1. The Bertz CT molecular complexity index is 521. The van der Waals surface area contributed by atoms with E-state index in [9.17, 15) is 4.79 Å². The third-order valence-electron chi connectivity index (χ3n) is 3.15. The van der Waals surface area contributed by atoms with Crippen LogP contribution in [0, 0.1) is 0 Å². The van der Waals surface area contributed by atoms with Crippen LogP contribution in [0.15, 0.2) is 45.7 Å². The maximum Gasteiger partial charge on any atom is 0.186 e. The van der Waals surface area contributed by atoms with Crippen molar-refractivity contribution in [3.05, 3.63) is 51.3 Å². The predicted molar refractivity (Wildman–Crippen MR) is 80.6 cm³/mol. The van der Waals surface area contributed by atoms with Gasteiger partial charge in [0.15, 0.2) is 5.78 Å². The van der Waals surface area contributed by atoms with Gasteiger partial charge in [0.25, 0.3) is 0 Å². The van der Waals surface area contributed by atoms with Gasteiger partial charge in [-0.3, -0.25) is 4.79 Å². The zero-order valence-electron chi connectivity index (χ0n) is 10.0. The molecule has 0 radical (unpaired) electrons. The lowest BCUT2D eigenvalue weighted by molar-refractivity contribution is -0.111. The SMILES string of the molecule is O=C1C(=Cc2ccccc2)CCC1=C1SCCS1. The van der Waals surface area contributed by atoms with Crippen LogP contribution in [0.2, 0.25) is 0 Å². The lowest BCUT2D eigenvalue weighted by Crippen LogP contribution is -1.96. The molecular weight excluding hydrogens is 260 g/mol. The minimum atomic E-state index is 0.274. The molecule has 1 aliphatic carbocycles. The number of thioether (sulfide) groups is 2. The first-order valence-electron chi connectivity index (χ1n) is 6.13. The van der Waals surface area contributed by atoms with Gasteiger partial charge in [-0.1, -0.05) is 30.3 Å². The fourth-order valence-electron chi connectivity index (χ4n) is 2.25. The number of ketones is 1. The molecule has 2 fully saturated rings. The highest BCUT2D eigenvalue weighted by atomic mass is 32.2. The number of carbonyl (C=O) groups is 1. The Morgan fingerprint density at radius 3 is 2.44 bits per heavy atom. The molecule has 0 bridgehead atoms. The molecule has 92 valence electrons. The second-order valence-electron chi connectivity index (χ2n) is 4.37. The summed E-state index contributed by atoms with van der Waals surface area (Å²) in [4.78, 5) is 12.3. The molecule has 0 spiro atoms. The number of hydrogen-bond acceptors (Lipinski definition) is 3. The van der Waals surface area contributed by atoms with Crippen molar-refractivity contribution >= 4 is 35.4 Å². The van der Waals surface area contributed by atoms with Crippen LogP contribution >= 0.6 is 23.5 Å². The van der Waals surface area contributed by atoms with Crippen LogP contribution in [0.3, 0.4) is 0 Å². The van der Waals surface area contributed by atoms with Crippen molar-refractivity contribution in [2.75, 3.05) is 11.5 Å². The Labute approximate surface area is 116 Å². The number of allylic oxidation sites excluding steroid dienone is 2. The first kappa shape index (κ1) is 12.1. The number of rotatable bonds is 1. The number of benzene rings is 1. The van der Waals surface area contributed by atoms with Crippen molar-refractivity contribution in [3.8, 4) is 0 Å². The third-order valence-corrected chi connectivity index (χ3v) is 5.95. The lowest BCUT2D eigenvalue weighted by atomic mass is 10.1. The molecular formula is C15H14OS2. The minimum absolute atomic E-state index is 0.274. The van der Waals surface area contributed by atoms with Crippen molar-refractivity contribution in [1.82, 2.24) is 0 Å². The highest BCUT2D eigenvalue weighted by molar-refractivity contribution is 8.25. The van der Waals surface area contributed by atoms with E-state index in [0.29, 0.717) is 0 Å². The quantitative estimate of drug-likeness (QED) is 0.717. The Morgan fingerprint density at radius 2 is 1.72 bits per heavy atom. The van der Waals surface area contributed by atoms with Gasteiger partial charge in [-0.2, -0.15) is 0 Å². The molecule has 1 aromatic rings. The van der Waals surface area contributed by atoms with Gasteiger partial charge in [0.2, 0.25) is 0 Å². The van der Waals surface area contributed by atoms with Gasteiger partial charge in [-0.05, 0) is 24.5 Å². The van der Waals surface area contributed by atoms with Gasteiger partial charge >= 0.3 is 0 Å². The molecule has 0 unspecified atom stereocenters. The lowest BCUT2D eigenvalue weighted by Gasteiger charge is -1.99. The maximum atomic E-state index is 12.3. The molecule has 1 heterocycles. The van der Waals surface area contributed by atoms with Gasteiger partial charge in [0.1, 0.15) is 0 Å². The third kappa shape index (κ3) is 2.43. The largest absolute Gasteiger partial charge is 0.289 e. The average Bonchev–Trinajstić information content (AvgIpc) is 3.02. The highest BCUT2D eigenvalue weighted by Gasteiger charge is 2.28. The summed E-state index contributed by atoms with van der Waals surface area (Å²) in [6.45, 7) is 0. The molecule has 0 aromatic heterocycles. The van der Waals surface area contributed by atoms with E-state index in [1.165, 1.54) is 4.24 Å². The molecule has 0 amide bonds. The summed E-state index contributed by atoms with van der Waals surface area (Å²) in [5.41, 5.74) is 3.15. The first-order chi connectivity index (χ1) is 8.84. The van der Waals surface area contributed by atoms with E-state index >= 15 is 0 Å². The zero-order chi connectivity index (χ0) is 12.4. The summed E-state index contributed by atoms with van der Waals surface area (Å²) in [6, 6.07) is 10.1. The Hall–Kier alpha value is -0.930. The fourth-order valence-corrected chi connectivity index (χ4v) is 4.86. The summed E-state index contributed by atoms with van der Waals surface area (Å²) in [5.74, 6) is 2.57. The topological polar surface area (TPSA) is 17.1 Å². The highest BCUT2D eigenvalue weighted by Crippen LogP contribution is 2.43. The summed E-state index contributed by atoms with van der Waals surface area (Å²) in [7, 11) is 0. The molecule has 18 heavy (non-hydrogen) atoms. The molecule has 1 saturated heterocycles. The Balaban J connectivity index is 1.87. The van der Waals surface area contributed by atoms with E-state index in [1.807, 2.05) is 59.9 Å². The van der Waals surface area contributed by atoms with E-state index in [-0.39, 0.29) is 5.78 Å². The van der Waals surface area contributed by atoms with Crippen molar-refractivity contribution in [1.29, 1.82) is 0 Å². The molecule has 2 aliphatic rings. The van der Waals surface area contributed by atoms with E-state index in [0.717, 1.165) is 41.1 Å². The van der Waals surface area contributed by atoms with Crippen LogP contribution in [0.25, 0.3) is 6.08 Å². The van der Waals surface area contributed by atoms with Crippen molar-refractivity contribution < 1.29 is 4.79 Å². The summed E-state index contributed by atoms with van der Waals surface area (Å²) < 4.78 is 1.27.